The van der Waals surface area contributed by atoms with E-state index in [2.05, 4.69) is 18.7 Å². The summed E-state index contributed by atoms with van der Waals surface area (Å²) >= 11 is 0. The van der Waals surface area contributed by atoms with Crippen molar-refractivity contribution in [2.24, 2.45) is 23.0 Å². The summed E-state index contributed by atoms with van der Waals surface area (Å²) in [5, 5.41) is 9.89. The van der Waals surface area contributed by atoms with E-state index in [0.717, 1.165) is 25.4 Å². The number of rotatable bonds is 6. The van der Waals surface area contributed by atoms with Crippen LogP contribution in [0.4, 0.5) is 0 Å². The van der Waals surface area contributed by atoms with Crippen LogP contribution in [0.3, 0.4) is 0 Å². The van der Waals surface area contributed by atoms with E-state index in [0.29, 0.717) is 11.3 Å². The summed E-state index contributed by atoms with van der Waals surface area (Å²) in [7, 11) is 0. The highest BCUT2D eigenvalue weighted by Gasteiger charge is 2.41. The molecule has 1 saturated carbocycles. The molecule has 18 heavy (non-hydrogen) atoms. The maximum atomic E-state index is 9.89. The molecular weight excluding hydrogens is 224 g/mol. The molecule has 0 radical (unpaired) electrons. The molecule has 2 aliphatic rings. The van der Waals surface area contributed by atoms with Crippen LogP contribution in [0.5, 0.6) is 0 Å². The molecule has 1 saturated heterocycles. The zero-order chi connectivity index (χ0) is 13.2. The van der Waals surface area contributed by atoms with Gasteiger partial charge in [0.15, 0.2) is 0 Å². The molecule has 3 nitrogen and oxygen atoms in total. The fraction of sp³-hybridized carbons (Fsp3) is 1.00. The molecule has 1 aliphatic carbocycles. The van der Waals surface area contributed by atoms with E-state index in [1.807, 2.05) is 0 Å². The van der Waals surface area contributed by atoms with Gasteiger partial charge in [-0.2, -0.15) is 0 Å². The molecule has 3 heteroatoms. The number of nitrogens with zero attached hydrogens (tertiary/aromatic N) is 1. The molecule has 0 amide bonds. The number of aliphatic hydroxyl groups is 1. The molecule has 2 rings (SSSR count). The van der Waals surface area contributed by atoms with Gasteiger partial charge in [0, 0.05) is 19.0 Å². The number of hydrogen-bond acceptors (Lipinski definition) is 3. The Hall–Kier alpha value is -0.120. The van der Waals surface area contributed by atoms with Crippen LogP contribution in [0, 0.1) is 17.3 Å². The second-order valence-corrected chi connectivity index (χ2v) is 7.15. The van der Waals surface area contributed by atoms with Crippen molar-refractivity contribution in [3.63, 3.8) is 0 Å². The van der Waals surface area contributed by atoms with Gasteiger partial charge in [-0.15, -0.1) is 0 Å². The number of hydrogen-bond donors (Lipinski definition) is 2. The third kappa shape index (κ3) is 3.46. The maximum absolute atomic E-state index is 9.89. The van der Waals surface area contributed by atoms with E-state index < -0.39 is 0 Å². The van der Waals surface area contributed by atoms with Crippen molar-refractivity contribution in [3.8, 4) is 0 Å². The first-order valence-electron chi connectivity index (χ1n) is 7.62. The summed E-state index contributed by atoms with van der Waals surface area (Å²) in [6, 6.07) is 0. The van der Waals surface area contributed by atoms with E-state index in [1.165, 1.54) is 38.8 Å². The Kier molecular flexibility index (Phi) is 4.68. The zero-order valence-corrected chi connectivity index (χ0v) is 12.1. The van der Waals surface area contributed by atoms with Crippen LogP contribution >= 0.6 is 0 Å². The molecule has 0 aromatic carbocycles. The quantitative estimate of drug-likeness (QED) is 0.711. The number of nitrogens with two attached hydrogens (primary N) is 1. The Morgan fingerprint density at radius 2 is 2.00 bits per heavy atom. The summed E-state index contributed by atoms with van der Waals surface area (Å²) in [5.74, 6) is 1.35. The van der Waals surface area contributed by atoms with E-state index in [-0.39, 0.29) is 6.10 Å². The summed E-state index contributed by atoms with van der Waals surface area (Å²) in [6.07, 6.45) is 6.04. The van der Waals surface area contributed by atoms with Crippen LogP contribution in [0.2, 0.25) is 0 Å². The molecule has 1 aliphatic heterocycles. The maximum Gasteiger partial charge on any atom is 0.0583 e. The van der Waals surface area contributed by atoms with Gasteiger partial charge >= 0.3 is 0 Å². The summed E-state index contributed by atoms with van der Waals surface area (Å²) in [4.78, 5) is 2.56. The first-order valence-corrected chi connectivity index (χ1v) is 7.62. The Bertz CT molecular complexity index is 267. The van der Waals surface area contributed by atoms with Gasteiger partial charge in [-0.1, -0.05) is 20.3 Å². The molecular formula is C15H30N2O. The van der Waals surface area contributed by atoms with Crippen LogP contribution in [-0.4, -0.2) is 42.3 Å². The van der Waals surface area contributed by atoms with Gasteiger partial charge in [0.2, 0.25) is 0 Å². The predicted octanol–water partition coefficient (Wildman–Crippen LogP) is 1.84. The summed E-state index contributed by atoms with van der Waals surface area (Å²) in [6.45, 7) is 8.86. The van der Waals surface area contributed by atoms with E-state index in [4.69, 9.17) is 5.73 Å². The van der Waals surface area contributed by atoms with Gasteiger partial charge < -0.3 is 15.7 Å². The van der Waals surface area contributed by atoms with Crippen LogP contribution in [0.25, 0.3) is 0 Å². The number of unbranched alkanes of at least 4 members (excludes halogenated alkanes) is 1. The topological polar surface area (TPSA) is 49.5 Å². The van der Waals surface area contributed by atoms with E-state index in [9.17, 15) is 5.11 Å². The van der Waals surface area contributed by atoms with Crippen LogP contribution in [-0.2, 0) is 0 Å². The molecule has 3 N–H and O–H groups in total. The summed E-state index contributed by atoms with van der Waals surface area (Å²) in [5.41, 5.74) is 6.05. The van der Waals surface area contributed by atoms with Crippen molar-refractivity contribution >= 4 is 0 Å². The van der Waals surface area contributed by atoms with Gasteiger partial charge in [0.25, 0.3) is 0 Å². The van der Waals surface area contributed by atoms with Crippen molar-refractivity contribution < 1.29 is 5.11 Å². The molecule has 0 spiro atoms. The molecule has 0 bridgehead atoms. The van der Waals surface area contributed by atoms with Gasteiger partial charge in [0.05, 0.1) is 6.10 Å². The Labute approximate surface area is 112 Å². The molecule has 2 fully saturated rings. The van der Waals surface area contributed by atoms with E-state index >= 15 is 0 Å². The lowest BCUT2D eigenvalue weighted by molar-refractivity contribution is 0.124. The Balaban J connectivity index is 1.61. The van der Waals surface area contributed by atoms with Crippen LogP contribution < -0.4 is 5.73 Å². The molecule has 3 atom stereocenters. The second kappa shape index (κ2) is 5.89. The van der Waals surface area contributed by atoms with Gasteiger partial charge in [0.1, 0.15) is 0 Å². The van der Waals surface area contributed by atoms with Gasteiger partial charge in [-0.25, -0.2) is 0 Å². The number of fused-ring (bicyclic) bond motifs is 1. The SMILES string of the molecule is CC(C)(CN)CCCCN1CC2CCC(O)C2C1. The smallest absolute Gasteiger partial charge is 0.0583 e. The monoisotopic (exact) mass is 254 g/mol. The van der Waals surface area contributed by atoms with Crippen molar-refractivity contribution in [3.05, 3.63) is 0 Å². The van der Waals surface area contributed by atoms with Crippen LogP contribution in [0.1, 0.15) is 46.0 Å². The lowest BCUT2D eigenvalue weighted by Crippen LogP contribution is -2.27. The molecule has 1 heterocycles. The average molecular weight is 254 g/mol. The highest BCUT2D eigenvalue weighted by Crippen LogP contribution is 2.38. The third-order valence-corrected chi connectivity index (χ3v) is 5.03. The number of aliphatic hydroxyl groups excluding tert-OH is 1. The largest absolute Gasteiger partial charge is 0.393 e. The van der Waals surface area contributed by atoms with Crippen molar-refractivity contribution in [2.75, 3.05) is 26.2 Å². The minimum absolute atomic E-state index is 0.0174. The van der Waals surface area contributed by atoms with E-state index in [1.54, 1.807) is 0 Å². The van der Waals surface area contributed by atoms with Crippen LogP contribution in [0.15, 0.2) is 0 Å². The second-order valence-electron chi connectivity index (χ2n) is 7.15. The third-order valence-electron chi connectivity index (χ3n) is 5.03. The van der Waals surface area contributed by atoms with Gasteiger partial charge in [-0.3, -0.25) is 0 Å². The molecule has 3 unspecified atom stereocenters. The summed E-state index contributed by atoms with van der Waals surface area (Å²) < 4.78 is 0. The molecule has 0 aromatic rings. The normalized spacial score (nSPS) is 33.0. The molecule has 0 aromatic heterocycles. The first-order chi connectivity index (χ1) is 8.52. The number of likely N-dealkylation sites (tertiary alicyclic amines) is 1. The zero-order valence-electron chi connectivity index (χ0n) is 12.1. The Morgan fingerprint density at radius 3 is 2.67 bits per heavy atom. The highest BCUT2D eigenvalue weighted by atomic mass is 16.3. The molecule has 106 valence electrons. The predicted molar refractivity (Wildman–Crippen MR) is 75.3 cm³/mol. The average Bonchev–Trinajstić information content (AvgIpc) is 2.88. The van der Waals surface area contributed by atoms with Crippen molar-refractivity contribution in [1.82, 2.24) is 4.90 Å². The lowest BCUT2D eigenvalue weighted by atomic mass is 9.87. The standard InChI is InChI=1S/C15H30N2O/c1-15(2,11-16)7-3-4-8-17-9-12-5-6-14(18)13(12)10-17/h12-14,18H,3-11,16H2,1-2H3. The highest BCUT2D eigenvalue weighted by molar-refractivity contribution is 4.93. The Morgan fingerprint density at radius 1 is 1.22 bits per heavy atom. The van der Waals surface area contributed by atoms with Gasteiger partial charge in [-0.05, 0) is 50.1 Å². The van der Waals surface area contributed by atoms with Crippen molar-refractivity contribution in [2.45, 2.75) is 52.1 Å². The minimum Gasteiger partial charge on any atom is -0.393 e. The fourth-order valence-corrected chi connectivity index (χ4v) is 3.55. The van der Waals surface area contributed by atoms with Crippen molar-refractivity contribution in [1.29, 1.82) is 0 Å². The minimum atomic E-state index is -0.0174. The first kappa shape index (κ1) is 14.3. The lowest BCUT2D eigenvalue weighted by Gasteiger charge is -2.23. The fourth-order valence-electron chi connectivity index (χ4n) is 3.55.